The number of hydrogen-bond acceptors (Lipinski definition) is 9. The number of carbonyl (C=O) groups is 3. The van der Waals surface area contributed by atoms with Crippen molar-refractivity contribution in [1.82, 2.24) is 0 Å². The lowest BCUT2D eigenvalue weighted by molar-refractivity contribution is -0.161. The Hall–Kier alpha value is -2.62. The molecular formula is C43H74NO9P. The Balaban J connectivity index is 4.34. The van der Waals surface area contributed by atoms with E-state index in [0.29, 0.717) is 25.7 Å². The summed E-state index contributed by atoms with van der Waals surface area (Å²) in [5.74, 6) is -0.775. The van der Waals surface area contributed by atoms with Crippen molar-refractivity contribution in [3.63, 3.8) is 0 Å². The number of nitrogens with two attached hydrogens (primary N) is 1. The van der Waals surface area contributed by atoms with Crippen LogP contribution in [-0.4, -0.2) is 55.1 Å². The number of ether oxygens (including phenoxy) is 2. The molecular weight excluding hydrogens is 705 g/mol. The third-order valence-electron chi connectivity index (χ3n) is 8.35. The van der Waals surface area contributed by atoms with Crippen LogP contribution in [-0.2, 0) is 37.5 Å². The number of ketones is 1. The molecule has 0 heterocycles. The molecule has 11 heteroatoms. The Kier molecular flexibility index (Phi) is 36.8. The lowest BCUT2D eigenvalue weighted by Gasteiger charge is -2.19. The van der Waals surface area contributed by atoms with E-state index in [4.69, 9.17) is 24.3 Å². The summed E-state index contributed by atoms with van der Waals surface area (Å²) in [6.07, 6.45) is 40.9. The summed E-state index contributed by atoms with van der Waals surface area (Å²) in [6, 6.07) is 0. The van der Waals surface area contributed by atoms with E-state index < -0.39 is 32.5 Å². The average Bonchev–Trinajstić information content (AvgIpc) is 3.15. The highest BCUT2D eigenvalue weighted by Crippen LogP contribution is 2.43. The van der Waals surface area contributed by atoms with E-state index in [1.165, 1.54) is 38.5 Å². The summed E-state index contributed by atoms with van der Waals surface area (Å²) >= 11 is 0. The van der Waals surface area contributed by atoms with Crippen molar-refractivity contribution in [2.45, 2.75) is 168 Å². The molecule has 0 aliphatic rings. The Labute approximate surface area is 327 Å². The van der Waals surface area contributed by atoms with E-state index in [0.717, 1.165) is 70.6 Å². The standard InChI is InChI=1S/C43H74NO9P/c1-3-5-7-8-9-10-11-12-13-14-17-21-24-27-31-35-43(47)53-41(39-52-54(48,49)51-37-36-44)38-50-42(46)34-30-26-23-20-18-15-16-19-22-25-29-33-40(45)32-28-6-4-2/h12-13,15-16,20,22-23,25,29,33,41H,3-11,14,17-19,21,24,26-28,30-32,34-39,44H2,1-2H3,(H,48,49)/b13-12-,16-15-,23-20-,25-22-,33-29+/t41-/m1/s1. The maximum Gasteiger partial charge on any atom is 0.472 e. The molecule has 54 heavy (non-hydrogen) atoms. The Morgan fingerprint density at radius 2 is 1.15 bits per heavy atom. The van der Waals surface area contributed by atoms with Gasteiger partial charge in [0.05, 0.1) is 13.2 Å². The highest BCUT2D eigenvalue weighted by Gasteiger charge is 2.25. The predicted molar refractivity (Wildman–Crippen MR) is 220 cm³/mol. The Bertz CT molecular complexity index is 1130. The van der Waals surface area contributed by atoms with Crippen molar-refractivity contribution in [2.24, 2.45) is 5.73 Å². The van der Waals surface area contributed by atoms with Crippen LogP contribution in [0.4, 0.5) is 0 Å². The lowest BCUT2D eigenvalue weighted by Crippen LogP contribution is -2.29. The van der Waals surface area contributed by atoms with Gasteiger partial charge in [-0.15, -0.1) is 0 Å². The molecule has 2 atom stereocenters. The van der Waals surface area contributed by atoms with Crippen LogP contribution in [0.3, 0.4) is 0 Å². The summed E-state index contributed by atoms with van der Waals surface area (Å²) in [7, 11) is -4.40. The number of esters is 2. The summed E-state index contributed by atoms with van der Waals surface area (Å²) in [5.41, 5.74) is 5.33. The minimum absolute atomic E-state index is 0.0334. The van der Waals surface area contributed by atoms with Gasteiger partial charge in [-0.3, -0.25) is 23.4 Å². The van der Waals surface area contributed by atoms with Gasteiger partial charge in [0.2, 0.25) is 0 Å². The van der Waals surface area contributed by atoms with Gasteiger partial charge in [0, 0.05) is 25.8 Å². The van der Waals surface area contributed by atoms with Crippen LogP contribution in [0.2, 0.25) is 0 Å². The molecule has 0 saturated carbocycles. The van der Waals surface area contributed by atoms with E-state index in [9.17, 15) is 23.8 Å². The summed E-state index contributed by atoms with van der Waals surface area (Å²) in [6.45, 7) is 3.45. The van der Waals surface area contributed by atoms with Gasteiger partial charge in [-0.05, 0) is 70.3 Å². The van der Waals surface area contributed by atoms with Gasteiger partial charge in [0.25, 0.3) is 0 Å². The van der Waals surface area contributed by atoms with E-state index in [1.54, 1.807) is 12.2 Å². The molecule has 10 nitrogen and oxygen atoms in total. The number of phosphoric ester groups is 1. The van der Waals surface area contributed by atoms with Crippen LogP contribution in [0.1, 0.15) is 162 Å². The summed E-state index contributed by atoms with van der Waals surface area (Å²) in [5, 5.41) is 0. The largest absolute Gasteiger partial charge is 0.472 e. The van der Waals surface area contributed by atoms with Crippen LogP contribution >= 0.6 is 7.82 Å². The Morgan fingerprint density at radius 1 is 0.611 bits per heavy atom. The molecule has 0 aromatic heterocycles. The lowest BCUT2D eigenvalue weighted by atomic mass is 10.1. The molecule has 0 amide bonds. The van der Waals surface area contributed by atoms with Gasteiger partial charge in [-0.25, -0.2) is 4.57 Å². The second kappa shape index (κ2) is 38.6. The van der Waals surface area contributed by atoms with E-state index >= 15 is 0 Å². The first-order valence-corrected chi connectivity index (χ1v) is 22.2. The van der Waals surface area contributed by atoms with E-state index in [2.05, 4.69) is 38.2 Å². The quantitative estimate of drug-likeness (QED) is 0.0155. The van der Waals surface area contributed by atoms with Crippen molar-refractivity contribution in [3.8, 4) is 0 Å². The zero-order chi connectivity index (χ0) is 39.8. The fourth-order valence-electron chi connectivity index (χ4n) is 5.22. The van der Waals surface area contributed by atoms with Crippen molar-refractivity contribution in [2.75, 3.05) is 26.4 Å². The fraction of sp³-hybridized carbons (Fsp3) is 0.698. The summed E-state index contributed by atoms with van der Waals surface area (Å²) in [4.78, 5) is 46.5. The first-order valence-electron chi connectivity index (χ1n) is 20.7. The van der Waals surface area contributed by atoms with Crippen molar-refractivity contribution in [1.29, 1.82) is 0 Å². The number of rotatable bonds is 38. The Morgan fingerprint density at radius 3 is 1.83 bits per heavy atom. The normalized spacial score (nSPS) is 13.9. The minimum atomic E-state index is -4.40. The van der Waals surface area contributed by atoms with E-state index in [-0.39, 0.29) is 38.4 Å². The van der Waals surface area contributed by atoms with Gasteiger partial charge in [0.15, 0.2) is 11.9 Å². The fourth-order valence-corrected chi connectivity index (χ4v) is 5.99. The number of allylic oxidation sites excluding steroid dienone is 10. The molecule has 0 spiro atoms. The topological polar surface area (TPSA) is 151 Å². The van der Waals surface area contributed by atoms with Crippen LogP contribution < -0.4 is 5.73 Å². The first-order chi connectivity index (χ1) is 26.2. The molecule has 0 aromatic carbocycles. The van der Waals surface area contributed by atoms with Gasteiger partial charge < -0.3 is 20.1 Å². The zero-order valence-electron chi connectivity index (χ0n) is 33.7. The number of unbranched alkanes of at least 4 members (excludes halogenated alkanes) is 14. The highest BCUT2D eigenvalue weighted by atomic mass is 31.2. The predicted octanol–water partition coefficient (Wildman–Crippen LogP) is 10.9. The molecule has 0 bridgehead atoms. The highest BCUT2D eigenvalue weighted by molar-refractivity contribution is 7.47. The van der Waals surface area contributed by atoms with Crippen LogP contribution in [0.15, 0.2) is 60.8 Å². The van der Waals surface area contributed by atoms with Gasteiger partial charge in [0.1, 0.15) is 6.61 Å². The van der Waals surface area contributed by atoms with Crippen LogP contribution in [0.25, 0.3) is 0 Å². The van der Waals surface area contributed by atoms with Crippen LogP contribution in [0.5, 0.6) is 0 Å². The molecule has 0 rings (SSSR count). The third kappa shape index (κ3) is 37.7. The van der Waals surface area contributed by atoms with E-state index in [1.807, 2.05) is 24.3 Å². The maximum absolute atomic E-state index is 12.5. The second-order valence-corrected chi connectivity index (χ2v) is 15.0. The smallest absolute Gasteiger partial charge is 0.462 e. The average molecular weight is 780 g/mol. The molecule has 3 N–H and O–H groups in total. The maximum atomic E-state index is 12.5. The minimum Gasteiger partial charge on any atom is -0.462 e. The molecule has 0 aliphatic carbocycles. The SMILES string of the molecule is CCCCCCCC/C=C\CCCCCCCC(=O)O[C@H](COC(=O)CCC/C=C\C/C=C\C/C=C\C=C\C(=O)CCCCC)COP(=O)(O)OCCN. The summed E-state index contributed by atoms with van der Waals surface area (Å²) < 4.78 is 32.6. The van der Waals surface area contributed by atoms with Crippen LogP contribution in [0, 0.1) is 0 Å². The molecule has 1 unspecified atom stereocenters. The van der Waals surface area contributed by atoms with Gasteiger partial charge in [-0.1, -0.05) is 133 Å². The zero-order valence-corrected chi connectivity index (χ0v) is 34.6. The van der Waals surface area contributed by atoms with Crippen molar-refractivity contribution < 1.29 is 42.4 Å². The second-order valence-electron chi connectivity index (χ2n) is 13.5. The monoisotopic (exact) mass is 780 g/mol. The molecule has 0 saturated heterocycles. The first kappa shape index (κ1) is 51.4. The molecule has 0 radical (unpaired) electrons. The van der Waals surface area contributed by atoms with Gasteiger partial charge in [-0.2, -0.15) is 0 Å². The third-order valence-corrected chi connectivity index (χ3v) is 9.34. The van der Waals surface area contributed by atoms with Crippen molar-refractivity contribution >= 4 is 25.5 Å². The molecule has 0 aliphatic heterocycles. The number of phosphoric acid groups is 1. The van der Waals surface area contributed by atoms with Gasteiger partial charge >= 0.3 is 19.8 Å². The van der Waals surface area contributed by atoms with Crippen molar-refractivity contribution in [3.05, 3.63) is 60.8 Å². The number of carbonyl (C=O) groups excluding carboxylic acids is 3. The molecule has 0 fully saturated rings. The molecule has 310 valence electrons. The number of hydrogen-bond donors (Lipinski definition) is 2. The molecule has 0 aromatic rings.